The maximum Gasteiger partial charge on any atom is 0.141 e. The van der Waals surface area contributed by atoms with Gasteiger partial charge >= 0.3 is 0 Å². The second-order valence-electron chi connectivity index (χ2n) is 6.59. The lowest BCUT2D eigenvalue weighted by Crippen LogP contribution is -2.40. The molecule has 0 spiro atoms. The van der Waals surface area contributed by atoms with Gasteiger partial charge in [-0.1, -0.05) is 6.92 Å². The van der Waals surface area contributed by atoms with Gasteiger partial charge in [0.1, 0.15) is 11.6 Å². The Bertz CT molecular complexity index is 473. The summed E-state index contributed by atoms with van der Waals surface area (Å²) in [5.74, 6) is 1.79. The molecule has 1 unspecified atom stereocenters. The third kappa shape index (κ3) is 4.85. The summed E-state index contributed by atoms with van der Waals surface area (Å²) in [6.07, 6.45) is 2.50. The molecular formula is C16H26FN3S. The molecule has 1 N–H and O–H groups in total. The first-order valence-electron chi connectivity index (χ1n) is 7.65. The van der Waals surface area contributed by atoms with Gasteiger partial charge in [-0.2, -0.15) is 11.8 Å². The zero-order chi connectivity index (χ0) is 15.5. The van der Waals surface area contributed by atoms with E-state index in [0.717, 1.165) is 36.6 Å². The first-order valence-corrected chi connectivity index (χ1v) is 8.70. The van der Waals surface area contributed by atoms with Crippen LogP contribution < -0.4 is 10.2 Å². The minimum absolute atomic E-state index is 0.00723. The van der Waals surface area contributed by atoms with E-state index in [9.17, 15) is 4.39 Å². The molecule has 1 aromatic heterocycles. The van der Waals surface area contributed by atoms with Gasteiger partial charge in [0.2, 0.25) is 0 Å². The number of anilines is 1. The molecule has 1 aromatic rings. The number of hydrogen-bond acceptors (Lipinski definition) is 4. The van der Waals surface area contributed by atoms with Gasteiger partial charge in [-0.15, -0.1) is 0 Å². The second-order valence-corrected chi connectivity index (χ2v) is 8.00. The summed E-state index contributed by atoms with van der Waals surface area (Å²) in [6, 6.07) is 1.61. The predicted octanol–water partition coefficient (Wildman–Crippen LogP) is 3.44. The van der Waals surface area contributed by atoms with Crippen molar-refractivity contribution in [2.24, 2.45) is 0 Å². The van der Waals surface area contributed by atoms with Crippen LogP contribution in [0.1, 0.15) is 39.7 Å². The molecule has 2 rings (SSSR count). The zero-order valence-electron chi connectivity index (χ0n) is 13.4. The highest BCUT2D eigenvalue weighted by Gasteiger charge is 2.22. The molecule has 21 heavy (non-hydrogen) atoms. The van der Waals surface area contributed by atoms with Crippen LogP contribution in [0.25, 0.3) is 0 Å². The van der Waals surface area contributed by atoms with E-state index in [4.69, 9.17) is 0 Å². The van der Waals surface area contributed by atoms with Crippen LogP contribution in [0.5, 0.6) is 0 Å². The van der Waals surface area contributed by atoms with E-state index in [1.165, 1.54) is 6.20 Å². The Morgan fingerprint density at radius 1 is 1.48 bits per heavy atom. The molecule has 2 heterocycles. The van der Waals surface area contributed by atoms with Gasteiger partial charge in [0.15, 0.2) is 0 Å². The molecule has 0 bridgehead atoms. The van der Waals surface area contributed by atoms with Gasteiger partial charge < -0.3 is 10.2 Å². The first kappa shape index (κ1) is 16.6. The molecule has 1 aliphatic rings. The summed E-state index contributed by atoms with van der Waals surface area (Å²) in [5.41, 5.74) is 0.958. The van der Waals surface area contributed by atoms with Gasteiger partial charge in [0.25, 0.3) is 0 Å². The molecule has 1 atom stereocenters. The van der Waals surface area contributed by atoms with E-state index in [-0.39, 0.29) is 11.4 Å². The Morgan fingerprint density at radius 3 is 2.90 bits per heavy atom. The van der Waals surface area contributed by atoms with Crippen molar-refractivity contribution in [3.8, 4) is 0 Å². The molecule has 0 aliphatic carbocycles. The molecule has 5 heteroatoms. The van der Waals surface area contributed by atoms with Crippen molar-refractivity contribution >= 4 is 17.6 Å². The molecule has 3 nitrogen and oxygen atoms in total. The standard InChI is InChI=1S/C16H26FN3S/c1-5-14-11-20(6-7-21-14)15-12(8-13(17)10-18-15)9-19-16(2,3)4/h8,10,14,19H,5-7,9,11H2,1-4H3. The SMILES string of the molecule is CCC1CN(c2ncc(F)cc2CNC(C)(C)C)CCS1. The van der Waals surface area contributed by atoms with E-state index in [1.54, 1.807) is 6.07 Å². The van der Waals surface area contributed by atoms with Crippen molar-refractivity contribution in [3.05, 3.63) is 23.6 Å². The third-order valence-electron chi connectivity index (χ3n) is 3.61. The number of aromatic nitrogens is 1. The fourth-order valence-corrected chi connectivity index (χ4v) is 3.59. The van der Waals surface area contributed by atoms with E-state index >= 15 is 0 Å². The van der Waals surface area contributed by atoms with Crippen LogP contribution in [0.2, 0.25) is 0 Å². The summed E-state index contributed by atoms with van der Waals surface area (Å²) < 4.78 is 13.6. The zero-order valence-corrected chi connectivity index (χ0v) is 14.3. The Labute approximate surface area is 131 Å². The Morgan fingerprint density at radius 2 is 2.24 bits per heavy atom. The van der Waals surface area contributed by atoms with Gasteiger partial charge in [-0.3, -0.25) is 0 Å². The van der Waals surface area contributed by atoms with E-state index < -0.39 is 0 Å². The number of pyridine rings is 1. The van der Waals surface area contributed by atoms with Crippen molar-refractivity contribution in [2.45, 2.75) is 51.4 Å². The summed E-state index contributed by atoms with van der Waals surface area (Å²) in [4.78, 5) is 6.68. The number of nitrogens with one attached hydrogen (secondary N) is 1. The number of halogens is 1. The molecule has 0 amide bonds. The third-order valence-corrected chi connectivity index (χ3v) is 4.98. The molecule has 0 radical (unpaired) electrons. The number of hydrogen-bond donors (Lipinski definition) is 1. The highest BCUT2D eigenvalue weighted by atomic mass is 32.2. The van der Waals surface area contributed by atoms with Gasteiger partial charge in [-0.05, 0) is 33.3 Å². The van der Waals surface area contributed by atoms with E-state index in [2.05, 4.69) is 42.9 Å². The van der Waals surface area contributed by atoms with Crippen LogP contribution in [0.15, 0.2) is 12.3 Å². The van der Waals surface area contributed by atoms with Crippen molar-refractivity contribution < 1.29 is 4.39 Å². The maximum absolute atomic E-state index is 13.6. The quantitative estimate of drug-likeness (QED) is 0.922. The fraction of sp³-hybridized carbons (Fsp3) is 0.688. The Kier molecular flexibility index (Phi) is 5.49. The van der Waals surface area contributed by atoms with Crippen LogP contribution in [0.3, 0.4) is 0 Å². The van der Waals surface area contributed by atoms with Crippen molar-refractivity contribution in [3.63, 3.8) is 0 Å². The normalized spacial score (nSPS) is 19.9. The van der Waals surface area contributed by atoms with Crippen LogP contribution in [-0.2, 0) is 6.54 Å². The van der Waals surface area contributed by atoms with E-state index in [1.807, 2.05) is 11.8 Å². The molecular weight excluding hydrogens is 285 g/mol. The summed E-state index contributed by atoms with van der Waals surface area (Å²) in [6.45, 7) is 11.2. The Hall–Kier alpha value is -0.810. The van der Waals surface area contributed by atoms with Crippen molar-refractivity contribution in [1.82, 2.24) is 10.3 Å². The maximum atomic E-state index is 13.6. The average Bonchev–Trinajstić information content (AvgIpc) is 2.44. The smallest absolute Gasteiger partial charge is 0.141 e. The Balaban J connectivity index is 2.17. The lowest BCUT2D eigenvalue weighted by molar-refractivity contribution is 0.423. The van der Waals surface area contributed by atoms with Crippen LogP contribution in [-0.4, -0.2) is 34.6 Å². The number of rotatable bonds is 4. The highest BCUT2D eigenvalue weighted by molar-refractivity contribution is 8.00. The summed E-state index contributed by atoms with van der Waals surface area (Å²) >= 11 is 2.03. The minimum Gasteiger partial charge on any atom is -0.354 e. The van der Waals surface area contributed by atoms with Crippen molar-refractivity contribution in [1.29, 1.82) is 0 Å². The molecule has 1 saturated heterocycles. The molecule has 0 aromatic carbocycles. The molecule has 1 aliphatic heterocycles. The van der Waals surface area contributed by atoms with Gasteiger partial charge in [-0.25, -0.2) is 9.37 Å². The van der Waals surface area contributed by atoms with E-state index in [0.29, 0.717) is 11.8 Å². The number of thioether (sulfide) groups is 1. The highest BCUT2D eigenvalue weighted by Crippen LogP contribution is 2.27. The summed E-state index contributed by atoms with van der Waals surface area (Å²) in [7, 11) is 0. The topological polar surface area (TPSA) is 28.2 Å². The largest absolute Gasteiger partial charge is 0.354 e. The lowest BCUT2D eigenvalue weighted by Gasteiger charge is -2.34. The van der Waals surface area contributed by atoms with Crippen LogP contribution in [0.4, 0.5) is 10.2 Å². The fourth-order valence-electron chi connectivity index (χ4n) is 2.41. The molecule has 118 valence electrons. The lowest BCUT2D eigenvalue weighted by atomic mass is 10.1. The number of nitrogens with zero attached hydrogens (tertiary/aromatic N) is 2. The second kappa shape index (κ2) is 6.97. The molecule has 1 fully saturated rings. The van der Waals surface area contributed by atoms with Crippen LogP contribution >= 0.6 is 11.8 Å². The average molecular weight is 311 g/mol. The predicted molar refractivity (Wildman–Crippen MR) is 89.5 cm³/mol. The van der Waals surface area contributed by atoms with Crippen LogP contribution in [0, 0.1) is 5.82 Å². The van der Waals surface area contributed by atoms with Gasteiger partial charge in [0.05, 0.1) is 6.20 Å². The van der Waals surface area contributed by atoms with Crippen molar-refractivity contribution in [2.75, 3.05) is 23.7 Å². The first-order chi connectivity index (χ1) is 9.89. The minimum atomic E-state index is -0.261. The molecule has 0 saturated carbocycles. The monoisotopic (exact) mass is 311 g/mol. The van der Waals surface area contributed by atoms with Gasteiger partial charge in [0, 0.05) is 41.7 Å². The summed E-state index contributed by atoms with van der Waals surface area (Å²) in [5, 5.41) is 4.08.